The van der Waals surface area contributed by atoms with Crippen LogP contribution in [0.5, 0.6) is 0 Å². The Morgan fingerprint density at radius 2 is 2.21 bits per heavy atom. The molecule has 0 amide bonds. The molecule has 0 saturated carbocycles. The number of rotatable bonds is 6. The quantitative estimate of drug-likeness (QED) is 0.652. The molecule has 0 fully saturated rings. The van der Waals surface area contributed by atoms with Gasteiger partial charge < -0.3 is 4.74 Å². The minimum Gasteiger partial charge on any atom is -0.380 e. The minimum absolute atomic E-state index is 0.724. The molecule has 14 heavy (non-hydrogen) atoms. The Morgan fingerprint density at radius 1 is 1.43 bits per heavy atom. The van der Waals surface area contributed by atoms with Crippen LogP contribution in [-0.2, 0) is 11.3 Å². The van der Waals surface area contributed by atoms with Crippen LogP contribution in [-0.4, -0.2) is 23.0 Å². The first-order valence-electron chi connectivity index (χ1n) is 5.26. The Bertz CT molecular complexity index is 256. The molecule has 0 saturated heterocycles. The van der Waals surface area contributed by atoms with Crippen molar-refractivity contribution in [3.8, 4) is 0 Å². The van der Waals surface area contributed by atoms with Crippen LogP contribution >= 0.6 is 0 Å². The predicted molar refractivity (Wildman–Crippen MR) is 57.2 cm³/mol. The molecule has 0 bridgehead atoms. The van der Waals surface area contributed by atoms with Crippen molar-refractivity contribution in [3.63, 3.8) is 0 Å². The Morgan fingerprint density at radius 3 is 2.79 bits per heavy atom. The van der Waals surface area contributed by atoms with E-state index in [0.717, 1.165) is 37.8 Å². The van der Waals surface area contributed by atoms with Gasteiger partial charge in [-0.05, 0) is 25.3 Å². The molecule has 3 heteroatoms. The maximum atomic E-state index is 5.50. The van der Waals surface area contributed by atoms with Crippen molar-refractivity contribution in [3.05, 3.63) is 18.0 Å². The normalized spacial score (nSPS) is 11.1. The molecule has 0 unspecified atom stereocenters. The second kappa shape index (κ2) is 5.81. The SMILES string of the molecule is Cc1ccn(CCOCCC(C)C)n1. The predicted octanol–water partition coefficient (Wildman–Crippen LogP) is 2.25. The van der Waals surface area contributed by atoms with E-state index in [1.807, 2.05) is 23.9 Å². The topological polar surface area (TPSA) is 27.1 Å². The molecule has 0 aliphatic rings. The van der Waals surface area contributed by atoms with Crippen LogP contribution in [0.1, 0.15) is 26.0 Å². The number of hydrogen-bond acceptors (Lipinski definition) is 2. The molecule has 3 nitrogen and oxygen atoms in total. The fourth-order valence-corrected chi connectivity index (χ4v) is 1.17. The highest BCUT2D eigenvalue weighted by atomic mass is 16.5. The highest BCUT2D eigenvalue weighted by Crippen LogP contribution is 1.99. The van der Waals surface area contributed by atoms with Crippen molar-refractivity contribution >= 4 is 0 Å². The van der Waals surface area contributed by atoms with Crippen molar-refractivity contribution in [2.75, 3.05) is 13.2 Å². The summed E-state index contributed by atoms with van der Waals surface area (Å²) in [5.41, 5.74) is 1.06. The molecular formula is C11H20N2O. The fourth-order valence-electron chi connectivity index (χ4n) is 1.17. The molecule has 1 heterocycles. The van der Waals surface area contributed by atoms with Crippen molar-refractivity contribution in [2.24, 2.45) is 5.92 Å². The van der Waals surface area contributed by atoms with Crippen LogP contribution in [0.15, 0.2) is 12.3 Å². The van der Waals surface area contributed by atoms with E-state index >= 15 is 0 Å². The smallest absolute Gasteiger partial charge is 0.0662 e. The largest absolute Gasteiger partial charge is 0.380 e. The summed E-state index contributed by atoms with van der Waals surface area (Å²) >= 11 is 0. The van der Waals surface area contributed by atoms with E-state index in [4.69, 9.17) is 4.74 Å². The van der Waals surface area contributed by atoms with E-state index in [1.165, 1.54) is 0 Å². The molecule has 1 aromatic heterocycles. The third kappa shape index (κ3) is 4.42. The van der Waals surface area contributed by atoms with E-state index in [-0.39, 0.29) is 0 Å². The first kappa shape index (κ1) is 11.2. The highest BCUT2D eigenvalue weighted by molar-refractivity contribution is 4.94. The summed E-state index contributed by atoms with van der Waals surface area (Å²) in [5.74, 6) is 0.724. The standard InChI is InChI=1S/C11H20N2O/c1-10(2)5-8-14-9-7-13-6-4-11(3)12-13/h4,6,10H,5,7-9H2,1-3H3. The Labute approximate surface area is 86.1 Å². The number of ether oxygens (including phenoxy) is 1. The van der Waals surface area contributed by atoms with E-state index in [1.54, 1.807) is 0 Å². The Kier molecular flexibility index (Phi) is 4.66. The summed E-state index contributed by atoms with van der Waals surface area (Å²) < 4.78 is 7.42. The van der Waals surface area contributed by atoms with Gasteiger partial charge in [0.2, 0.25) is 0 Å². The first-order valence-corrected chi connectivity index (χ1v) is 5.26. The van der Waals surface area contributed by atoms with Crippen molar-refractivity contribution in [1.82, 2.24) is 9.78 Å². The van der Waals surface area contributed by atoms with Crippen LogP contribution in [0.25, 0.3) is 0 Å². The number of hydrogen-bond donors (Lipinski definition) is 0. The lowest BCUT2D eigenvalue weighted by Crippen LogP contribution is -2.08. The third-order valence-corrected chi connectivity index (χ3v) is 2.08. The van der Waals surface area contributed by atoms with Gasteiger partial charge in [0.15, 0.2) is 0 Å². The molecule has 0 spiro atoms. The minimum atomic E-state index is 0.724. The maximum Gasteiger partial charge on any atom is 0.0662 e. The lowest BCUT2D eigenvalue weighted by Gasteiger charge is -2.06. The van der Waals surface area contributed by atoms with Crippen molar-refractivity contribution in [1.29, 1.82) is 0 Å². The molecule has 0 aliphatic heterocycles. The zero-order chi connectivity index (χ0) is 10.4. The van der Waals surface area contributed by atoms with Crippen LogP contribution < -0.4 is 0 Å². The summed E-state index contributed by atoms with van der Waals surface area (Å²) in [7, 11) is 0. The van der Waals surface area contributed by atoms with Gasteiger partial charge in [-0.2, -0.15) is 5.10 Å². The van der Waals surface area contributed by atoms with Gasteiger partial charge in [-0.1, -0.05) is 13.8 Å². The lowest BCUT2D eigenvalue weighted by molar-refractivity contribution is 0.114. The zero-order valence-electron chi connectivity index (χ0n) is 9.36. The maximum absolute atomic E-state index is 5.50. The molecule has 0 aliphatic carbocycles. The van der Waals surface area contributed by atoms with Crippen molar-refractivity contribution in [2.45, 2.75) is 33.7 Å². The van der Waals surface area contributed by atoms with Crippen LogP contribution in [0.2, 0.25) is 0 Å². The molecule has 0 radical (unpaired) electrons. The van der Waals surface area contributed by atoms with Gasteiger partial charge in [0, 0.05) is 12.8 Å². The van der Waals surface area contributed by atoms with Crippen LogP contribution in [0.4, 0.5) is 0 Å². The van der Waals surface area contributed by atoms with Gasteiger partial charge in [-0.3, -0.25) is 4.68 Å². The molecule has 0 atom stereocenters. The number of aryl methyl sites for hydroxylation is 1. The van der Waals surface area contributed by atoms with Crippen LogP contribution in [0.3, 0.4) is 0 Å². The van der Waals surface area contributed by atoms with E-state index in [9.17, 15) is 0 Å². The van der Waals surface area contributed by atoms with E-state index in [0.29, 0.717) is 0 Å². The molecule has 0 aromatic carbocycles. The summed E-state index contributed by atoms with van der Waals surface area (Å²) in [4.78, 5) is 0. The van der Waals surface area contributed by atoms with E-state index in [2.05, 4.69) is 18.9 Å². The molecule has 1 aromatic rings. The fraction of sp³-hybridized carbons (Fsp3) is 0.727. The number of aromatic nitrogens is 2. The van der Waals surface area contributed by atoms with Gasteiger partial charge in [0.05, 0.1) is 18.8 Å². The average molecular weight is 196 g/mol. The third-order valence-electron chi connectivity index (χ3n) is 2.08. The van der Waals surface area contributed by atoms with Crippen molar-refractivity contribution < 1.29 is 4.74 Å². The molecular weight excluding hydrogens is 176 g/mol. The average Bonchev–Trinajstić information content (AvgIpc) is 2.50. The van der Waals surface area contributed by atoms with Gasteiger partial charge in [0.25, 0.3) is 0 Å². The second-order valence-corrected chi connectivity index (χ2v) is 4.02. The number of nitrogens with zero attached hydrogens (tertiary/aromatic N) is 2. The summed E-state index contributed by atoms with van der Waals surface area (Å²) in [6.07, 6.45) is 3.12. The molecule has 80 valence electrons. The Balaban J connectivity index is 2.04. The molecule has 0 N–H and O–H groups in total. The summed E-state index contributed by atoms with van der Waals surface area (Å²) in [6.45, 7) is 8.88. The first-order chi connectivity index (χ1) is 6.68. The summed E-state index contributed by atoms with van der Waals surface area (Å²) in [6, 6.07) is 2.01. The van der Waals surface area contributed by atoms with Gasteiger partial charge in [-0.25, -0.2) is 0 Å². The zero-order valence-corrected chi connectivity index (χ0v) is 9.36. The van der Waals surface area contributed by atoms with Gasteiger partial charge in [0.1, 0.15) is 0 Å². The van der Waals surface area contributed by atoms with Gasteiger partial charge >= 0.3 is 0 Å². The lowest BCUT2D eigenvalue weighted by atomic mass is 10.1. The monoisotopic (exact) mass is 196 g/mol. The summed E-state index contributed by atoms with van der Waals surface area (Å²) in [5, 5.41) is 4.28. The highest BCUT2D eigenvalue weighted by Gasteiger charge is 1.95. The molecule has 1 rings (SSSR count). The van der Waals surface area contributed by atoms with Gasteiger partial charge in [-0.15, -0.1) is 0 Å². The van der Waals surface area contributed by atoms with Crippen LogP contribution in [0, 0.1) is 12.8 Å². The second-order valence-electron chi connectivity index (χ2n) is 4.02. The van der Waals surface area contributed by atoms with E-state index < -0.39 is 0 Å². The Hall–Kier alpha value is -0.830.